The molecule has 53 heavy (non-hydrogen) atoms. The van der Waals surface area contributed by atoms with E-state index < -0.39 is 59.9 Å². The molecule has 1 amide bonds. The van der Waals surface area contributed by atoms with Crippen molar-refractivity contribution in [1.29, 1.82) is 0 Å². The summed E-state index contributed by atoms with van der Waals surface area (Å²) >= 11 is 0. The molecule has 1 saturated heterocycles. The number of aliphatic hydroxyl groups is 4. The highest BCUT2D eigenvalue weighted by Gasteiger charge is 2.48. The van der Waals surface area contributed by atoms with E-state index in [9.17, 15) is 33.6 Å². The van der Waals surface area contributed by atoms with Crippen molar-refractivity contribution in [3.63, 3.8) is 0 Å². The number of allylic oxidation sites excluding steroid dienone is 2. The first-order valence-electron chi connectivity index (χ1n) is 21.1. The molecule has 7 atom stereocenters. The minimum atomic E-state index is -5.07. The first kappa shape index (κ1) is 49.9. The first-order valence-corrected chi connectivity index (χ1v) is 22.4. The fraction of sp³-hybridized carbons (Fsp3) is 0.925. The zero-order chi connectivity index (χ0) is 39.2. The highest BCUT2D eigenvalue weighted by atomic mass is 32.3. The predicted octanol–water partition coefficient (Wildman–Crippen LogP) is 7.21. The third-order valence-electron chi connectivity index (χ3n) is 10.1. The maximum atomic E-state index is 13.0. The van der Waals surface area contributed by atoms with Crippen LogP contribution in [0.25, 0.3) is 0 Å². The van der Waals surface area contributed by atoms with Crippen molar-refractivity contribution >= 4 is 16.3 Å². The van der Waals surface area contributed by atoms with Gasteiger partial charge in [0.1, 0.15) is 24.4 Å². The molecular weight excluding hydrogens is 703 g/mol. The van der Waals surface area contributed by atoms with E-state index in [4.69, 9.17) is 14.0 Å². The van der Waals surface area contributed by atoms with Gasteiger partial charge in [0.15, 0.2) is 6.29 Å². The van der Waals surface area contributed by atoms with Crippen molar-refractivity contribution in [3.05, 3.63) is 12.2 Å². The van der Waals surface area contributed by atoms with Gasteiger partial charge in [-0.25, -0.2) is 4.18 Å². The number of hydrogen-bond acceptors (Lipinski definition) is 10. The van der Waals surface area contributed by atoms with E-state index >= 15 is 0 Å². The molecule has 1 aliphatic rings. The Morgan fingerprint density at radius 3 is 1.72 bits per heavy atom. The van der Waals surface area contributed by atoms with E-state index in [0.29, 0.717) is 12.8 Å². The van der Waals surface area contributed by atoms with Crippen molar-refractivity contribution < 1.29 is 51.8 Å². The maximum Gasteiger partial charge on any atom is 0.397 e. The number of ether oxygens (including phenoxy) is 2. The zero-order valence-electron chi connectivity index (χ0n) is 33.1. The van der Waals surface area contributed by atoms with Crippen LogP contribution in [0.2, 0.25) is 0 Å². The molecule has 0 aliphatic carbocycles. The fourth-order valence-electron chi connectivity index (χ4n) is 6.75. The molecule has 13 heteroatoms. The summed E-state index contributed by atoms with van der Waals surface area (Å²) in [6.45, 7) is 3.40. The van der Waals surface area contributed by atoms with Crippen molar-refractivity contribution in [1.82, 2.24) is 5.32 Å². The molecule has 1 fully saturated rings. The maximum absolute atomic E-state index is 13.0. The molecule has 0 radical (unpaired) electrons. The van der Waals surface area contributed by atoms with E-state index in [1.807, 2.05) is 0 Å². The van der Waals surface area contributed by atoms with Gasteiger partial charge < -0.3 is 35.2 Å². The van der Waals surface area contributed by atoms with Gasteiger partial charge in [0, 0.05) is 6.42 Å². The lowest BCUT2D eigenvalue weighted by molar-refractivity contribution is -0.298. The minimum absolute atomic E-state index is 0.237. The summed E-state index contributed by atoms with van der Waals surface area (Å²) in [6, 6.07) is -0.854. The number of rotatable bonds is 35. The summed E-state index contributed by atoms with van der Waals surface area (Å²) in [5.74, 6) is -0.237. The second-order valence-electron chi connectivity index (χ2n) is 14.9. The normalized spacial score (nSPS) is 22.0. The van der Waals surface area contributed by atoms with Crippen molar-refractivity contribution in [2.75, 3.05) is 13.2 Å². The van der Waals surface area contributed by atoms with Gasteiger partial charge in [0.25, 0.3) is 0 Å². The summed E-state index contributed by atoms with van der Waals surface area (Å²) in [6.07, 6.45) is 23.6. The SMILES string of the molecule is CCCCCC/C=C\CCCCCCCCCC(=O)NC(COC1OC(CO)C(O)C(OS(=O)(=O)O)C1O)C(O)CCCCCCCCCCCCC. The minimum Gasteiger partial charge on any atom is -0.394 e. The molecule has 0 aromatic carbocycles. The van der Waals surface area contributed by atoms with Crippen LogP contribution in [0.15, 0.2) is 12.2 Å². The lowest BCUT2D eigenvalue weighted by atomic mass is 9.99. The number of nitrogens with one attached hydrogen (secondary N) is 1. The predicted molar refractivity (Wildman–Crippen MR) is 209 cm³/mol. The Bertz CT molecular complexity index is 1010. The Morgan fingerprint density at radius 1 is 0.736 bits per heavy atom. The third-order valence-corrected chi connectivity index (χ3v) is 10.5. The average Bonchev–Trinajstić information content (AvgIpc) is 3.12. The van der Waals surface area contributed by atoms with E-state index in [-0.39, 0.29) is 18.9 Å². The molecular formula is C40H77NO11S. The Balaban J connectivity index is 2.55. The van der Waals surface area contributed by atoms with Crippen LogP contribution in [-0.4, -0.2) is 95.4 Å². The van der Waals surface area contributed by atoms with Gasteiger partial charge in [-0.05, 0) is 38.5 Å². The van der Waals surface area contributed by atoms with Gasteiger partial charge >= 0.3 is 10.4 Å². The van der Waals surface area contributed by atoms with Crippen LogP contribution in [0.3, 0.4) is 0 Å². The standard InChI is InChI=1S/C40H77NO11S/c1-3-5-7-9-11-13-15-16-17-18-20-22-24-26-28-30-36(44)41-33(34(43)29-27-25-23-21-19-14-12-10-8-6-4-2)32-50-40-38(46)39(52-53(47,48)49)37(45)35(31-42)51-40/h13,15,33-35,37-40,42-43,45-46H,3-12,14,16-32H2,1-2H3,(H,41,44)(H,47,48,49)/b15-13-. The quantitative estimate of drug-likeness (QED) is 0.0216. The number of carbonyl (C=O) groups excluding carboxylic acids is 1. The highest BCUT2D eigenvalue weighted by Crippen LogP contribution is 2.26. The van der Waals surface area contributed by atoms with Crippen molar-refractivity contribution in [3.8, 4) is 0 Å². The molecule has 12 nitrogen and oxygen atoms in total. The van der Waals surface area contributed by atoms with Crippen molar-refractivity contribution in [2.24, 2.45) is 0 Å². The molecule has 7 unspecified atom stereocenters. The van der Waals surface area contributed by atoms with E-state index in [1.165, 1.54) is 96.3 Å². The lowest BCUT2D eigenvalue weighted by Gasteiger charge is -2.41. The number of carbonyl (C=O) groups is 1. The highest BCUT2D eigenvalue weighted by molar-refractivity contribution is 7.80. The monoisotopic (exact) mass is 780 g/mol. The van der Waals surface area contributed by atoms with Crippen LogP contribution in [0.4, 0.5) is 0 Å². The van der Waals surface area contributed by atoms with Gasteiger partial charge in [0.2, 0.25) is 5.91 Å². The van der Waals surface area contributed by atoms with Crippen molar-refractivity contribution in [2.45, 2.75) is 224 Å². The molecule has 0 bridgehead atoms. The first-order chi connectivity index (χ1) is 25.5. The summed E-state index contributed by atoms with van der Waals surface area (Å²) in [4.78, 5) is 13.0. The third kappa shape index (κ3) is 25.6. The second-order valence-corrected chi connectivity index (χ2v) is 16.0. The lowest BCUT2D eigenvalue weighted by Crippen LogP contribution is -2.61. The van der Waals surface area contributed by atoms with Crippen LogP contribution < -0.4 is 5.32 Å². The number of hydrogen-bond donors (Lipinski definition) is 6. The van der Waals surface area contributed by atoms with Gasteiger partial charge in [0.05, 0.1) is 25.4 Å². The van der Waals surface area contributed by atoms with E-state index in [1.54, 1.807) is 0 Å². The Kier molecular flexibility index (Phi) is 30.1. The fourth-order valence-corrected chi connectivity index (χ4v) is 7.25. The summed E-state index contributed by atoms with van der Waals surface area (Å²) in [5, 5.41) is 44.6. The number of aliphatic hydroxyl groups excluding tert-OH is 4. The smallest absolute Gasteiger partial charge is 0.394 e. The molecule has 0 aromatic rings. The number of amides is 1. The van der Waals surface area contributed by atoms with Gasteiger partial charge in [-0.15, -0.1) is 0 Å². The summed E-state index contributed by atoms with van der Waals surface area (Å²) < 4.78 is 47.5. The largest absolute Gasteiger partial charge is 0.397 e. The van der Waals surface area contributed by atoms with Crippen LogP contribution in [0.1, 0.15) is 181 Å². The summed E-state index contributed by atoms with van der Waals surface area (Å²) in [5.41, 5.74) is 0. The van der Waals surface area contributed by atoms with Crippen LogP contribution in [0.5, 0.6) is 0 Å². The van der Waals surface area contributed by atoms with Crippen LogP contribution >= 0.6 is 0 Å². The summed E-state index contributed by atoms with van der Waals surface area (Å²) in [7, 11) is -5.07. The van der Waals surface area contributed by atoms with Gasteiger partial charge in [-0.2, -0.15) is 8.42 Å². The van der Waals surface area contributed by atoms with Crippen LogP contribution in [-0.2, 0) is 28.9 Å². The zero-order valence-corrected chi connectivity index (χ0v) is 33.9. The number of unbranched alkanes of at least 4 members (excludes halogenated alkanes) is 21. The molecule has 0 aromatic heterocycles. The molecule has 314 valence electrons. The average molecular weight is 780 g/mol. The molecule has 6 N–H and O–H groups in total. The molecule has 1 rings (SSSR count). The van der Waals surface area contributed by atoms with Crippen LogP contribution in [0, 0.1) is 0 Å². The Hall–Kier alpha value is -1.16. The Morgan fingerprint density at radius 2 is 1.21 bits per heavy atom. The van der Waals surface area contributed by atoms with Gasteiger partial charge in [-0.1, -0.05) is 148 Å². The Labute approximate surface area is 321 Å². The molecule has 0 saturated carbocycles. The molecule has 0 spiro atoms. The van der Waals surface area contributed by atoms with Gasteiger partial charge in [-0.3, -0.25) is 9.35 Å². The molecule has 1 aliphatic heterocycles. The van der Waals surface area contributed by atoms with E-state index in [0.717, 1.165) is 51.4 Å². The second kappa shape index (κ2) is 32.0. The van der Waals surface area contributed by atoms with E-state index in [2.05, 4.69) is 35.5 Å². The topological polar surface area (TPSA) is 192 Å². The molecule has 1 heterocycles.